The van der Waals surface area contributed by atoms with Crippen molar-refractivity contribution in [3.05, 3.63) is 18.0 Å². The quantitative estimate of drug-likeness (QED) is 0.766. The van der Waals surface area contributed by atoms with Crippen LogP contribution in [-0.2, 0) is 4.79 Å². The molecule has 0 saturated carbocycles. The van der Waals surface area contributed by atoms with Gasteiger partial charge >= 0.3 is 0 Å². The summed E-state index contributed by atoms with van der Waals surface area (Å²) >= 11 is 0. The molecule has 0 radical (unpaired) electrons. The molecule has 17 heavy (non-hydrogen) atoms. The molecule has 1 aromatic rings. The van der Waals surface area contributed by atoms with Crippen molar-refractivity contribution in [2.45, 2.75) is 18.5 Å². The minimum Gasteiger partial charge on any atom is -0.347 e. The van der Waals surface area contributed by atoms with E-state index in [2.05, 4.69) is 9.97 Å². The van der Waals surface area contributed by atoms with E-state index < -0.39 is 0 Å². The lowest BCUT2D eigenvalue weighted by atomic mass is 10.1. The summed E-state index contributed by atoms with van der Waals surface area (Å²) in [6.07, 6.45) is 2.07. The summed E-state index contributed by atoms with van der Waals surface area (Å²) < 4.78 is 0. The summed E-state index contributed by atoms with van der Waals surface area (Å²) in [5.41, 5.74) is 6.78. The second-order valence-corrected chi connectivity index (χ2v) is 4.49. The number of likely N-dealkylation sites (tertiary alicyclic amines) is 1. The zero-order valence-corrected chi connectivity index (χ0v) is 10.3. The van der Waals surface area contributed by atoms with Crippen LogP contribution in [0.5, 0.6) is 0 Å². The Labute approximate surface area is 100 Å². The van der Waals surface area contributed by atoms with Crippen LogP contribution in [-0.4, -0.2) is 48.0 Å². The van der Waals surface area contributed by atoms with Gasteiger partial charge in [-0.1, -0.05) is 0 Å². The van der Waals surface area contributed by atoms with Gasteiger partial charge in [-0.3, -0.25) is 4.79 Å². The number of nitrogens with zero attached hydrogens (tertiary/aromatic N) is 4. The highest BCUT2D eigenvalue weighted by Gasteiger charge is 2.37. The average molecular weight is 235 g/mol. The molecular weight excluding hydrogens is 218 g/mol. The SMILES string of the molecule is CN(C)c1nccc([C@H]2[C@H](N)CC(=O)N2C)n1. The number of likely N-dealkylation sites (N-methyl/N-ethyl adjacent to an activating group) is 1. The van der Waals surface area contributed by atoms with Crippen molar-refractivity contribution in [2.24, 2.45) is 5.73 Å². The van der Waals surface area contributed by atoms with E-state index in [9.17, 15) is 4.79 Å². The molecule has 0 aromatic carbocycles. The molecule has 2 atom stereocenters. The Kier molecular flexibility index (Phi) is 2.97. The van der Waals surface area contributed by atoms with Gasteiger partial charge in [0.15, 0.2) is 0 Å². The second-order valence-electron chi connectivity index (χ2n) is 4.49. The highest BCUT2D eigenvalue weighted by molar-refractivity contribution is 5.79. The standard InChI is InChI=1S/C11H17N5O/c1-15(2)11-13-5-4-8(14-11)10-7(12)6-9(17)16(10)3/h4-5,7,10H,6,12H2,1-3H3/t7-,10-/m1/s1. The Morgan fingerprint density at radius 1 is 1.53 bits per heavy atom. The number of anilines is 1. The third-order valence-corrected chi connectivity index (χ3v) is 2.99. The van der Waals surface area contributed by atoms with Gasteiger partial charge in [-0.2, -0.15) is 0 Å². The van der Waals surface area contributed by atoms with E-state index in [0.717, 1.165) is 5.69 Å². The number of amides is 1. The van der Waals surface area contributed by atoms with E-state index in [4.69, 9.17) is 5.73 Å². The Balaban J connectivity index is 2.33. The van der Waals surface area contributed by atoms with Gasteiger partial charge in [0.25, 0.3) is 0 Å². The predicted octanol–water partition coefficient (Wildman–Crippen LogP) is -0.227. The van der Waals surface area contributed by atoms with Crippen molar-refractivity contribution in [1.29, 1.82) is 0 Å². The van der Waals surface area contributed by atoms with Gasteiger partial charge in [0.1, 0.15) is 0 Å². The van der Waals surface area contributed by atoms with Crippen LogP contribution in [0, 0.1) is 0 Å². The Morgan fingerprint density at radius 2 is 2.24 bits per heavy atom. The fraction of sp³-hybridized carbons (Fsp3) is 0.545. The van der Waals surface area contributed by atoms with Gasteiger partial charge in [0, 0.05) is 39.8 Å². The summed E-state index contributed by atoms with van der Waals surface area (Å²) in [7, 11) is 5.52. The Hall–Kier alpha value is -1.69. The second kappa shape index (κ2) is 4.29. The van der Waals surface area contributed by atoms with E-state index in [-0.39, 0.29) is 18.0 Å². The molecule has 1 saturated heterocycles. The molecule has 6 nitrogen and oxygen atoms in total. The Bertz CT molecular complexity index is 434. The molecule has 1 amide bonds. The number of carbonyl (C=O) groups is 1. The molecule has 6 heteroatoms. The molecule has 1 aliphatic heterocycles. The maximum absolute atomic E-state index is 11.6. The number of carbonyl (C=O) groups excluding carboxylic acids is 1. The fourth-order valence-electron chi connectivity index (χ4n) is 2.06. The lowest BCUT2D eigenvalue weighted by Gasteiger charge is -2.23. The normalized spacial score (nSPS) is 24.2. The van der Waals surface area contributed by atoms with Crippen LogP contribution in [0.2, 0.25) is 0 Å². The first-order valence-corrected chi connectivity index (χ1v) is 5.52. The van der Waals surface area contributed by atoms with Crippen LogP contribution in [0.15, 0.2) is 12.3 Å². The average Bonchev–Trinajstić information content (AvgIpc) is 2.53. The molecular formula is C11H17N5O. The van der Waals surface area contributed by atoms with Crippen molar-refractivity contribution in [3.8, 4) is 0 Å². The van der Waals surface area contributed by atoms with Gasteiger partial charge in [-0.05, 0) is 6.07 Å². The summed E-state index contributed by atoms with van der Waals surface area (Å²) in [6, 6.07) is 1.47. The van der Waals surface area contributed by atoms with Gasteiger partial charge in [-0.15, -0.1) is 0 Å². The molecule has 2 heterocycles. The van der Waals surface area contributed by atoms with Gasteiger partial charge in [0.05, 0.1) is 11.7 Å². The molecule has 1 aromatic heterocycles. The number of hydrogen-bond donors (Lipinski definition) is 1. The van der Waals surface area contributed by atoms with Crippen LogP contribution in [0.4, 0.5) is 5.95 Å². The first-order valence-electron chi connectivity index (χ1n) is 5.52. The molecule has 1 aliphatic rings. The van der Waals surface area contributed by atoms with Crippen molar-refractivity contribution in [3.63, 3.8) is 0 Å². The first kappa shape index (κ1) is 11.8. The molecule has 0 bridgehead atoms. The first-order chi connectivity index (χ1) is 8.00. The lowest BCUT2D eigenvalue weighted by Crippen LogP contribution is -2.31. The van der Waals surface area contributed by atoms with Gasteiger partial charge in [-0.25, -0.2) is 9.97 Å². The third kappa shape index (κ3) is 2.08. The molecule has 0 spiro atoms. The van der Waals surface area contributed by atoms with E-state index in [1.807, 2.05) is 25.1 Å². The van der Waals surface area contributed by atoms with Crippen LogP contribution >= 0.6 is 0 Å². The van der Waals surface area contributed by atoms with E-state index in [1.54, 1.807) is 18.1 Å². The molecule has 0 aliphatic carbocycles. The largest absolute Gasteiger partial charge is 0.347 e. The molecule has 0 unspecified atom stereocenters. The van der Waals surface area contributed by atoms with Crippen molar-refractivity contribution >= 4 is 11.9 Å². The smallest absolute Gasteiger partial charge is 0.225 e. The van der Waals surface area contributed by atoms with Crippen LogP contribution < -0.4 is 10.6 Å². The minimum absolute atomic E-state index is 0.0625. The Morgan fingerprint density at radius 3 is 2.76 bits per heavy atom. The van der Waals surface area contributed by atoms with Crippen molar-refractivity contribution in [2.75, 3.05) is 26.0 Å². The zero-order valence-electron chi connectivity index (χ0n) is 10.3. The maximum Gasteiger partial charge on any atom is 0.225 e. The summed E-state index contributed by atoms with van der Waals surface area (Å²) in [4.78, 5) is 23.6. The maximum atomic E-state index is 11.6. The number of aromatic nitrogens is 2. The van der Waals surface area contributed by atoms with Crippen molar-refractivity contribution in [1.82, 2.24) is 14.9 Å². The van der Waals surface area contributed by atoms with Gasteiger partial charge < -0.3 is 15.5 Å². The van der Waals surface area contributed by atoms with Crippen LogP contribution in [0.25, 0.3) is 0 Å². The lowest BCUT2D eigenvalue weighted by molar-refractivity contribution is -0.127. The zero-order chi connectivity index (χ0) is 12.6. The van der Waals surface area contributed by atoms with Crippen LogP contribution in [0.1, 0.15) is 18.2 Å². The highest BCUT2D eigenvalue weighted by atomic mass is 16.2. The van der Waals surface area contributed by atoms with E-state index >= 15 is 0 Å². The summed E-state index contributed by atoms with van der Waals surface area (Å²) in [5, 5.41) is 0. The third-order valence-electron chi connectivity index (χ3n) is 2.99. The van der Waals surface area contributed by atoms with Gasteiger partial charge in [0.2, 0.25) is 11.9 Å². The molecule has 1 fully saturated rings. The topological polar surface area (TPSA) is 75.4 Å². The molecule has 2 rings (SSSR count). The van der Waals surface area contributed by atoms with E-state index in [1.165, 1.54) is 0 Å². The molecule has 92 valence electrons. The monoisotopic (exact) mass is 235 g/mol. The predicted molar refractivity (Wildman–Crippen MR) is 64.5 cm³/mol. The minimum atomic E-state index is -0.197. The van der Waals surface area contributed by atoms with Crippen LogP contribution in [0.3, 0.4) is 0 Å². The summed E-state index contributed by atoms with van der Waals surface area (Å²) in [5.74, 6) is 0.690. The summed E-state index contributed by atoms with van der Waals surface area (Å²) in [6.45, 7) is 0. The van der Waals surface area contributed by atoms with Crippen molar-refractivity contribution < 1.29 is 4.79 Å². The van der Waals surface area contributed by atoms with E-state index in [0.29, 0.717) is 12.4 Å². The molecule has 2 N–H and O–H groups in total. The highest BCUT2D eigenvalue weighted by Crippen LogP contribution is 2.29. The number of hydrogen-bond acceptors (Lipinski definition) is 5. The number of rotatable bonds is 2. The number of nitrogens with two attached hydrogens (primary N) is 1. The fourth-order valence-corrected chi connectivity index (χ4v) is 2.06.